The van der Waals surface area contributed by atoms with Crippen molar-refractivity contribution in [3.8, 4) is 11.5 Å². The molecule has 1 amide bonds. The first-order chi connectivity index (χ1) is 25.7. The second kappa shape index (κ2) is 13.3. The van der Waals surface area contributed by atoms with Crippen molar-refractivity contribution in [3.63, 3.8) is 0 Å². The summed E-state index contributed by atoms with van der Waals surface area (Å²) in [5.41, 5.74) is 3.28. The number of ether oxygens (including phenoxy) is 1. The highest BCUT2D eigenvalue weighted by atomic mass is 19.4. The highest BCUT2D eigenvalue weighted by molar-refractivity contribution is 6.12. The molecule has 272 valence electrons. The molecule has 4 aromatic carbocycles. The third kappa shape index (κ3) is 6.02. The first kappa shape index (κ1) is 33.6. The molecule has 9 rings (SSSR count). The van der Waals surface area contributed by atoms with Gasteiger partial charge in [-0.1, -0.05) is 56.0 Å². The van der Waals surface area contributed by atoms with Gasteiger partial charge in [-0.05, 0) is 61.6 Å². The predicted octanol–water partition coefficient (Wildman–Crippen LogP) is 10.2. The van der Waals surface area contributed by atoms with Gasteiger partial charge in [-0.25, -0.2) is 4.79 Å². The molecule has 5 aromatic rings. The molecule has 0 aliphatic carbocycles. The van der Waals surface area contributed by atoms with Crippen LogP contribution in [0.2, 0.25) is 0 Å². The Morgan fingerprint density at radius 3 is 1.75 bits per heavy atom. The Balaban J connectivity index is 1.22. The van der Waals surface area contributed by atoms with E-state index in [4.69, 9.17) is 9.15 Å². The van der Waals surface area contributed by atoms with Crippen LogP contribution in [-0.4, -0.2) is 32.1 Å². The molecule has 2 saturated heterocycles. The first-order valence-corrected chi connectivity index (χ1v) is 18.8. The summed E-state index contributed by atoms with van der Waals surface area (Å²) in [4.78, 5) is 33.4. The van der Waals surface area contributed by atoms with Gasteiger partial charge in [0.2, 0.25) is 0 Å². The van der Waals surface area contributed by atoms with Crippen LogP contribution in [0.3, 0.4) is 0 Å². The molecule has 53 heavy (non-hydrogen) atoms. The van der Waals surface area contributed by atoms with E-state index in [0.29, 0.717) is 17.3 Å². The van der Waals surface area contributed by atoms with Gasteiger partial charge in [0.15, 0.2) is 0 Å². The molecule has 0 saturated carbocycles. The van der Waals surface area contributed by atoms with E-state index in [-0.39, 0.29) is 22.8 Å². The van der Waals surface area contributed by atoms with E-state index in [2.05, 4.69) is 46.2 Å². The Hall–Kier alpha value is -5.25. The van der Waals surface area contributed by atoms with Crippen molar-refractivity contribution in [1.29, 1.82) is 0 Å². The van der Waals surface area contributed by atoms with Gasteiger partial charge in [-0.15, -0.1) is 0 Å². The maximum atomic E-state index is 14.5. The molecule has 4 aliphatic heterocycles. The zero-order valence-corrected chi connectivity index (χ0v) is 29.3. The van der Waals surface area contributed by atoms with Crippen molar-refractivity contribution in [2.75, 3.05) is 40.9 Å². The molecule has 2 fully saturated rings. The molecule has 5 heterocycles. The zero-order chi connectivity index (χ0) is 36.3. The van der Waals surface area contributed by atoms with Crippen LogP contribution in [-0.2, 0) is 6.18 Å². The van der Waals surface area contributed by atoms with E-state index in [1.165, 1.54) is 43.9 Å². The van der Waals surface area contributed by atoms with Gasteiger partial charge in [-0.2, -0.15) is 13.2 Å². The number of amides is 1. The summed E-state index contributed by atoms with van der Waals surface area (Å²) >= 11 is 0. The van der Waals surface area contributed by atoms with Gasteiger partial charge in [0, 0.05) is 95.5 Å². The normalized spacial score (nSPS) is 19.3. The summed E-state index contributed by atoms with van der Waals surface area (Å²) in [6, 6.07) is 24.3. The molecular formula is C43H40F3N3O4. The lowest BCUT2D eigenvalue weighted by molar-refractivity contribution is -0.136. The van der Waals surface area contributed by atoms with Crippen molar-refractivity contribution in [2.24, 2.45) is 0 Å². The summed E-state index contributed by atoms with van der Waals surface area (Å²) in [6.07, 6.45) is 4.64. The highest BCUT2D eigenvalue weighted by Crippen LogP contribution is 2.56. The number of alkyl halides is 3. The smallest absolute Gasteiger partial charge is 0.417 e. The molecule has 0 spiro atoms. The average Bonchev–Trinajstić information content (AvgIpc) is 3.45. The van der Waals surface area contributed by atoms with Crippen LogP contribution in [0.1, 0.15) is 95.9 Å². The van der Waals surface area contributed by atoms with Crippen molar-refractivity contribution < 1.29 is 27.1 Å². The maximum absolute atomic E-state index is 14.5. The molecule has 0 N–H and O–H groups in total. The summed E-state index contributed by atoms with van der Waals surface area (Å²) in [6.45, 7) is 3.91. The fourth-order valence-corrected chi connectivity index (χ4v) is 8.90. The van der Waals surface area contributed by atoms with Crippen LogP contribution in [0.25, 0.3) is 11.0 Å². The van der Waals surface area contributed by atoms with Crippen molar-refractivity contribution in [1.82, 2.24) is 0 Å². The quantitative estimate of drug-likeness (QED) is 0.172. The standard InChI is InChI=1S/C43H40F3N3O4/c44-43(45,46)35-26-39(50)53-36-25-29(15-16-32(35)36)49-41(30-11-5-6-12-31(30)42(49)51)40-33-17-13-27(47-19-7-1-2-8-20-47)23-37(33)52-38-24-28(14-18-34(38)40)48-21-9-3-4-10-22-48/h5-6,11-18,23-26,40-41H,1-4,7-10,19-22H2. The minimum Gasteiger partial charge on any atom is -0.457 e. The van der Waals surface area contributed by atoms with E-state index in [1.807, 2.05) is 18.2 Å². The minimum absolute atomic E-state index is 0.234. The van der Waals surface area contributed by atoms with E-state index in [9.17, 15) is 22.8 Å². The van der Waals surface area contributed by atoms with Gasteiger partial charge in [0.05, 0.1) is 11.6 Å². The van der Waals surface area contributed by atoms with E-state index < -0.39 is 23.4 Å². The molecular weight excluding hydrogens is 679 g/mol. The summed E-state index contributed by atoms with van der Waals surface area (Å²) in [7, 11) is 0. The number of hydrogen-bond acceptors (Lipinski definition) is 6. The van der Waals surface area contributed by atoms with Crippen LogP contribution < -0.4 is 25.1 Å². The fourth-order valence-electron chi connectivity index (χ4n) is 8.90. The molecule has 0 radical (unpaired) electrons. The molecule has 1 aromatic heterocycles. The third-order valence-corrected chi connectivity index (χ3v) is 11.5. The van der Waals surface area contributed by atoms with Gasteiger partial charge in [0.25, 0.3) is 5.91 Å². The van der Waals surface area contributed by atoms with Crippen molar-refractivity contribution >= 4 is 33.9 Å². The summed E-state index contributed by atoms with van der Waals surface area (Å²) in [5, 5.41) is -0.245. The number of anilines is 3. The molecule has 7 nitrogen and oxygen atoms in total. The lowest BCUT2D eigenvalue weighted by Gasteiger charge is -2.38. The Bertz CT molecular complexity index is 2200. The number of rotatable bonds is 4. The largest absolute Gasteiger partial charge is 0.457 e. The van der Waals surface area contributed by atoms with E-state index in [1.54, 1.807) is 11.0 Å². The molecule has 4 aliphatic rings. The first-order valence-electron chi connectivity index (χ1n) is 18.8. The molecule has 1 atom stereocenters. The third-order valence-electron chi connectivity index (χ3n) is 11.5. The monoisotopic (exact) mass is 719 g/mol. The maximum Gasteiger partial charge on any atom is 0.417 e. The van der Waals surface area contributed by atoms with Gasteiger partial charge in [0.1, 0.15) is 17.1 Å². The number of hydrogen-bond donors (Lipinski definition) is 0. The Kier molecular flexibility index (Phi) is 8.43. The second-order valence-corrected chi connectivity index (χ2v) is 14.7. The predicted molar refractivity (Wildman–Crippen MR) is 200 cm³/mol. The number of benzene rings is 4. The van der Waals surface area contributed by atoms with Gasteiger partial charge < -0.3 is 19.0 Å². The molecule has 0 bridgehead atoms. The Morgan fingerprint density at radius 2 is 1.17 bits per heavy atom. The topological polar surface area (TPSA) is 66.2 Å². The highest BCUT2D eigenvalue weighted by Gasteiger charge is 2.46. The molecule has 10 heteroatoms. The van der Waals surface area contributed by atoms with Crippen LogP contribution >= 0.6 is 0 Å². The Morgan fingerprint density at radius 1 is 0.604 bits per heavy atom. The number of fused-ring (bicyclic) bond motifs is 4. The zero-order valence-electron chi connectivity index (χ0n) is 29.3. The number of halogens is 3. The SMILES string of the molecule is O=C1c2ccccc2C(C2c3ccc(N4CCCCCC4)cc3Oc3cc(N4CCCCCC4)ccc32)N1c1ccc2c(C(F)(F)F)cc(=O)oc2c1. The minimum atomic E-state index is -4.76. The van der Waals surface area contributed by atoms with Crippen molar-refractivity contribution in [2.45, 2.75) is 69.5 Å². The van der Waals surface area contributed by atoms with E-state index in [0.717, 1.165) is 91.4 Å². The summed E-state index contributed by atoms with van der Waals surface area (Å²) < 4.78 is 54.2. The van der Waals surface area contributed by atoms with Gasteiger partial charge >= 0.3 is 11.8 Å². The number of nitrogens with zero attached hydrogens (tertiary/aromatic N) is 3. The van der Waals surface area contributed by atoms with Crippen LogP contribution in [0.5, 0.6) is 11.5 Å². The summed E-state index contributed by atoms with van der Waals surface area (Å²) in [5.74, 6) is 0.792. The lowest BCUT2D eigenvalue weighted by Crippen LogP contribution is -2.33. The second-order valence-electron chi connectivity index (χ2n) is 14.7. The Labute approximate surface area is 305 Å². The molecule has 1 unspecified atom stereocenters. The number of carbonyl (C=O) groups excluding carboxylic acids is 1. The van der Waals surface area contributed by atoms with Crippen LogP contribution in [0.4, 0.5) is 30.2 Å². The van der Waals surface area contributed by atoms with E-state index >= 15 is 0 Å². The van der Waals surface area contributed by atoms with Crippen LogP contribution in [0, 0.1) is 0 Å². The number of carbonyl (C=O) groups is 1. The van der Waals surface area contributed by atoms with Gasteiger partial charge in [-0.3, -0.25) is 9.69 Å². The lowest BCUT2D eigenvalue weighted by atomic mass is 9.79. The van der Waals surface area contributed by atoms with Crippen molar-refractivity contribution in [3.05, 3.63) is 123 Å². The average molecular weight is 720 g/mol. The fraction of sp³-hybridized carbons (Fsp3) is 0.349. The van der Waals surface area contributed by atoms with Crippen LogP contribution in [0.15, 0.2) is 94.1 Å².